The average molecular weight is 386 g/mol. The lowest BCUT2D eigenvalue weighted by atomic mass is 9.83. The Hall–Kier alpha value is -1.82. The van der Waals surface area contributed by atoms with Crippen molar-refractivity contribution in [3.63, 3.8) is 0 Å². The van der Waals surface area contributed by atoms with Crippen molar-refractivity contribution < 1.29 is 49.0 Å². The van der Waals surface area contributed by atoms with E-state index in [4.69, 9.17) is 18.9 Å². The van der Waals surface area contributed by atoms with E-state index in [0.29, 0.717) is 18.3 Å². The number of hydrogen-bond donors (Lipinski definition) is 4. The molecule has 0 amide bonds. The summed E-state index contributed by atoms with van der Waals surface area (Å²) in [6, 6.07) is 0. The predicted molar refractivity (Wildman–Crippen MR) is 85.6 cm³/mol. The van der Waals surface area contributed by atoms with Gasteiger partial charge in [0.05, 0.1) is 31.5 Å². The third kappa shape index (κ3) is 3.51. The summed E-state index contributed by atoms with van der Waals surface area (Å²) in [7, 11) is 1.23. The zero-order chi connectivity index (χ0) is 19.7. The number of aliphatic hydroxyl groups excluding tert-OH is 4. The van der Waals surface area contributed by atoms with Crippen molar-refractivity contribution in [2.75, 3.05) is 13.7 Å². The van der Waals surface area contributed by atoms with Crippen molar-refractivity contribution in [3.05, 3.63) is 23.5 Å². The summed E-state index contributed by atoms with van der Waals surface area (Å²) in [5, 5.41) is 39.1. The smallest absolute Gasteiger partial charge is 0.337 e. The quantitative estimate of drug-likeness (QED) is 0.308. The van der Waals surface area contributed by atoms with Gasteiger partial charge < -0.3 is 39.4 Å². The van der Waals surface area contributed by atoms with Gasteiger partial charge in [-0.15, -0.1) is 0 Å². The van der Waals surface area contributed by atoms with E-state index >= 15 is 0 Å². The van der Waals surface area contributed by atoms with Crippen molar-refractivity contribution in [2.45, 2.75) is 43.4 Å². The molecule has 0 radical (unpaired) electrons. The maximum atomic E-state index is 11.9. The van der Waals surface area contributed by atoms with Crippen LogP contribution in [0.25, 0.3) is 0 Å². The number of allylic oxidation sites excluding steroid dienone is 1. The third-order valence-corrected chi connectivity index (χ3v) is 5.12. The number of methoxy groups -OCH3 is 1. The van der Waals surface area contributed by atoms with Crippen LogP contribution in [0, 0.1) is 11.8 Å². The van der Waals surface area contributed by atoms with Gasteiger partial charge in [0, 0.05) is 5.92 Å². The summed E-state index contributed by atoms with van der Waals surface area (Å²) in [5.41, 5.74) is 0.619. The van der Waals surface area contributed by atoms with Gasteiger partial charge in [0.25, 0.3) is 0 Å². The van der Waals surface area contributed by atoms with Crippen molar-refractivity contribution >= 4 is 12.3 Å². The van der Waals surface area contributed by atoms with Crippen LogP contribution >= 0.6 is 0 Å². The van der Waals surface area contributed by atoms with Gasteiger partial charge in [0.1, 0.15) is 30.7 Å². The standard InChI is InChI=1S/C17H22O10/c1-24-15(23)9-6-25-16(11-7(4-18)2-3-8(9)11)27-17-14(22)13(21)12(20)10(5-19)26-17/h2,4,6,8,10-14,16-17,19-22H,3,5H2,1H3. The lowest BCUT2D eigenvalue weighted by Gasteiger charge is -2.42. The predicted octanol–water partition coefficient (Wildman–Crippen LogP) is -2.02. The summed E-state index contributed by atoms with van der Waals surface area (Å²) in [6.45, 7) is -0.603. The fourth-order valence-corrected chi connectivity index (χ4v) is 3.63. The van der Waals surface area contributed by atoms with Crippen LogP contribution in [0.1, 0.15) is 6.42 Å². The van der Waals surface area contributed by atoms with E-state index in [9.17, 15) is 30.0 Å². The highest BCUT2D eigenvalue weighted by atomic mass is 16.8. The van der Waals surface area contributed by atoms with Crippen molar-refractivity contribution in [1.82, 2.24) is 0 Å². The van der Waals surface area contributed by atoms with Gasteiger partial charge in [-0.25, -0.2) is 4.79 Å². The molecule has 1 fully saturated rings. The molecular formula is C17H22O10. The highest BCUT2D eigenvalue weighted by Crippen LogP contribution is 2.43. The molecule has 2 aliphatic heterocycles. The van der Waals surface area contributed by atoms with Crippen molar-refractivity contribution in [3.8, 4) is 0 Å². The molecule has 1 aliphatic carbocycles. The van der Waals surface area contributed by atoms with Gasteiger partial charge in [-0.2, -0.15) is 0 Å². The van der Waals surface area contributed by atoms with E-state index in [1.54, 1.807) is 6.08 Å². The second-order valence-electron chi connectivity index (χ2n) is 6.59. The Bertz CT molecular complexity index is 642. The number of carbonyl (C=O) groups excluding carboxylic acids is 2. The van der Waals surface area contributed by atoms with Crippen LogP contribution in [0.2, 0.25) is 0 Å². The lowest BCUT2D eigenvalue weighted by molar-refractivity contribution is -0.339. The zero-order valence-corrected chi connectivity index (χ0v) is 14.5. The number of esters is 1. The van der Waals surface area contributed by atoms with E-state index < -0.39 is 61.4 Å². The van der Waals surface area contributed by atoms with Crippen molar-refractivity contribution in [1.29, 1.82) is 0 Å². The monoisotopic (exact) mass is 386 g/mol. The van der Waals surface area contributed by atoms with Gasteiger partial charge in [0.2, 0.25) is 6.29 Å². The summed E-state index contributed by atoms with van der Waals surface area (Å²) >= 11 is 0. The minimum Gasteiger partial charge on any atom is -0.471 e. The molecule has 0 spiro atoms. The topological polar surface area (TPSA) is 152 Å². The Balaban J connectivity index is 1.81. The third-order valence-electron chi connectivity index (χ3n) is 5.12. The van der Waals surface area contributed by atoms with Crippen LogP contribution in [-0.2, 0) is 28.5 Å². The van der Waals surface area contributed by atoms with Gasteiger partial charge in [0.15, 0.2) is 6.29 Å². The van der Waals surface area contributed by atoms with Crippen molar-refractivity contribution in [2.24, 2.45) is 11.8 Å². The molecule has 4 N–H and O–H groups in total. The number of hydrogen-bond acceptors (Lipinski definition) is 10. The summed E-state index contributed by atoms with van der Waals surface area (Å²) in [4.78, 5) is 23.3. The van der Waals surface area contributed by atoms with E-state index in [1.807, 2.05) is 0 Å². The van der Waals surface area contributed by atoms with E-state index in [-0.39, 0.29) is 5.57 Å². The highest BCUT2D eigenvalue weighted by Gasteiger charge is 2.49. The Morgan fingerprint density at radius 2 is 2.00 bits per heavy atom. The molecule has 10 heteroatoms. The highest BCUT2D eigenvalue weighted by molar-refractivity contribution is 5.90. The number of rotatable bonds is 5. The molecule has 1 saturated heterocycles. The zero-order valence-electron chi connectivity index (χ0n) is 14.5. The molecule has 3 aliphatic rings. The van der Waals surface area contributed by atoms with Crippen LogP contribution in [-0.4, -0.2) is 83.4 Å². The molecule has 150 valence electrons. The Labute approximate surface area is 154 Å². The van der Waals surface area contributed by atoms with E-state index in [2.05, 4.69) is 0 Å². The van der Waals surface area contributed by atoms with Gasteiger partial charge in [-0.3, -0.25) is 4.79 Å². The number of aldehydes is 1. The fourth-order valence-electron chi connectivity index (χ4n) is 3.63. The maximum absolute atomic E-state index is 11.9. The first-order valence-corrected chi connectivity index (χ1v) is 8.48. The maximum Gasteiger partial charge on any atom is 0.337 e. The summed E-state index contributed by atoms with van der Waals surface area (Å²) < 4.78 is 21.1. The first-order chi connectivity index (χ1) is 12.9. The SMILES string of the molecule is COC(=O)C1=COC(OC2OC(CO)C(O)C(O)C2O)C2C(C=O)=CCC12. The lowest BCUT2D eigenvalue weighted by Crippen LogP contribution is -2.60. The summed E-state index contributed by atoms with van der Waals surface area (Å²) in [6.07, 6.45) is -4.51. The van der Waals surface area contributed by atoms with Crippen LogP contribution < -0.4 is 0 Å². The fraction of sp³-hybridized carbons (Fsp3) is 0.647. The molecular weight excluding hydrogens is 364 g/mol. The minimum atomic E-state index is -1.61. The molecule has 27 heavy (non-hydrogen) atoms. The molecule has 0 saturated carbocycles. The largest absolute Gasteiger partial charge is 0.471 e. The first-order valence-electron chi connectivity index (χ1n) is 8.48. The molecule has 2 heterocycles. The molecule has 0 aromatic rings. The molecule has 0 bridgehead atoms. The van der Waals surface area contributed by atoms with E-state index in [1.165, 1.54) is 13.4 Å². The number of fused-ring (bicyclic) bond motifs is 1. The normalized spacial score (nSPS) is 41.1. The Kier molecular flexibility index (Phi) is 5.94. The van der Waals surface area contributed by atoms with Crippen LogP contribution in [0.15, 0.2) is 23.5 Å². The van der Waals surface area contributed by atoms with Gasteiger partial charge >= 0.3 is 5.97 Å². The average Bonchev–Trinajstić information content (AvgIpc) is 3.12. The minimum absolute atomic E-state index is 0.254. The summed E-state index contributed by atoms with van der Waals surface area (Å²) in [5.74, 6) is -1.65. The van der Waals surface area contributed by atoms with Crippen LogP contribution in [0.3, 0.4) is 0 Å². The second-order valence-corrected chi connectivity index (χ2v) is 6.59. The Morgan fingerprint density at radius 3 is 2.63 bits per heavy atom. The van der Waals surface area contributed by atoms with E-state index in [0.717, 1.165) is 0 Å². The number of carbonyl (C=O) groups is 2. The van der Waals surface area contributed by atoms with Gasteiger partial charge in [-0.05, 0) is 12.0 Å². The van der Waals surface area contributed by atoms with Gasteiger partial charge in [-0.1, -0.05) is 6.08 Å². The number of aliphatic hydroxyl groups is 4. The van der Waals surface area contributed by atoms with Crippen LogP contribution in [0.5, 0.6) is 0 Å². The molecule has 0 aromatic carbocycles. The second kappa shape index (κ2) is 8.05. The molecule has 3 rings (SSSR count). The Morgan fingerprint density at radius 1 is 1.26 bits per heavy atom. The molecule has 10 nitrogen and oxygen atoms in total. The molecule has 8 atom stereocenters. The molecule has 8 unspecified atom stereocenters. The first kappa shape index (κ1) is 19.9. The number of ether oxygens (including phenoxy) is 4. The molecule has 0 aromatic heterocycles. The van der Waals surface area contributed by atoms with Crippen LogP contribution in [0.4, 0.5) is 0 Å².